The predicted octanol–water partition coefficient (Wildman–Crippen LogP) is 2.81. The zero-order valence-corrected chi connectivity index (χ0v) is 12.6. The van der Waals surface area contributed by atoms with Crippen LogP contribution in [0.5, 0.6) is 23.0 Å². The molecule has 1 N–H and O–H groups in total. The Morgan fingerprint density at radius 1 is 1.33 bits per heavy atom. The molecule has 4 nitrogen and oxygen atoms in total. The Kier molecular flexibility index (Phi) is 3.36. The van der Waals surface area contributed by atoms with Gasteiger partial charge in [-0.25, -0.2) is 0 Å². The van der Waals surface area contributed by atoms with Gasteiger partial charge < -0.3 is 19.3 Å². The van der Waals surface area contributed by atoms with E-state index in [1.54, 1.807) is 7.11 Å². The van der Waals surface area contributed by atoms with Crippen molar-refractivity contribution >= 4 is 15.9 Å². The molecule has 18 heavy (non-hydrogen) atoms. The molecule has 5 heteroatoms. The van der Waals surface area contributed by atoms with Crippen LogP contribution in [0, 0.1) is 6.92 Å². The van der Waals surface area contributed by atoms with Gasteiger partial charge in [0.25, 0.3) is 0 Å². The molecule has 1 aromatic carbocycles. The number of ether oxygens (including phenoxy) is 3. The number of hydrogen-bond acceptors (Lipinski definition) is 4. The average Bonchev–Trinajstić information content (AvgIpc) is 2.72. The molecule has 2 rings (SSSR count). The lowest BCUT2D eigenvalue weighted by molar-refractivity contribution is 0.139. The molecule has 1 aromatic rings. The average molecular weight is 317 g/mol. The molecule has 0 aromatic heterocycles. The number of fused-ring (bicyclic) bond motifs is 1. The van der Waals surface area contributed by atoms with Crippen molar-refractivity contribution in [1.82, 2.24) is 0 Å². The van der Waals surface area contributed by atoms with Crippen LogP contribution >= 0.6 is 15.9 Å². The smallest absolute Gasteiger partial charge is 0.207 e. The monoisotopic (exact) mass is 316 g/mol. The molecule has 0 spiro atoms. The molecule has 0 saturated heterocycles. The second-order valence-corrected chi connectivity index (χ2v) is 5.27. The lowest BCUT2D eigenvalue weighted by Crippen LogP contribution is -2.31. The molecule has 1 heterocycles. The molecule has 0 bridgehead atoms. The number of benzene rings is 1. The molecule has 0 aliphatic carbocycles. The molecule has 1 aliphatic heterocycles. The highest BCUT2D eigenvalue weighted by atomic mass is 79.9. The van der Waals surface area contributed by atoms with Crippen LogP contribution in [0.2, 0.25) is 0 Å². The summed E-state index contributed by atoms with van der Waals surface area (Å²) in [6, 6.07) is 0. The van der Waals surface area contributed by atoms with Crippen molar-refractivity contribution in [3.05, 3.63) is 11.1 Å². The number of aromatic hydroxyl groups is 1. The Morgan fingerprint density at radius 3 is 2.44 bits per heavy atom. The Labute approximate surface area is 115 Å². The maximum atomic E-state index is 10.1. The third-order valence-electron chi connectivity index (χ3n) is 3.30. The van der Waals surface area contributed by atoms with Crippen molar-refractivity contribution < 1.29 is 19.3 Å². The van der Waals surface area contributed by atoms with Gasteiger partial charge in [0.1, 0.15) is 5.60 Å². The zero-order valence-electron chi connectivity index (χ0n) is 11.0. The number of phenolic OH excluding ortho intramolecular Hbond substituents is 1. The molecule has 1 unspecified atom stereocenters. The number of methoxy groups -OCH3 is 2. The zero-order chi connectivity index (χ0) is 13.5. The highest BCUT2D eigenvalue weighted by Crippen LogP contribution is 2.53. The van der Waals surface area contributed by atoms with Gasteiger partial charge in [0.2, 0.25) is 11.5 Å². The maximum absolute atomic E-state index is 10.1. The van der Waals surface area contributed by atoms with Crippen LogP contribution in [0.25, 0.3) is 0 Å². The van der Waals surface area contributed by atoms with Gasteiger partial charge in [0.15, 0.2) is 11.5 Å². The summed E-state index contributed by atoms with van der Waals surface area (Å²) < 4.78 is 16.5. The first-order valence-corrected chi connectivity index (χ1v) is 6.81. The minimum absolute atomic E-state index is 0.121. The largest absolute Gasteiger partial charge is 0.504 e. The second kappa shape index (κ2) is 4.53. The molecular weight excluding hydrogens is 300 g/mol. The van der Waals surface area contributed by atoms with Gasteiger partial charge in [-0.2, -0.15) is 0 Å². The number of rotatable bonds is 3. The summed E-state index contributed by atoms with van der Waals surface area (Å²) in [6.45, 7) is 3.88. The summed E-state index contributed by atoms with van der Waals surface area (Å²) in [5, 5.41) is 10.9. The Hall–Kier alpha value is -1.10. The van der Waals surface area contributed by atoms with E-state index in [1.165, 1.54) is 7.11 Å². The van der Waals surface area contributed by atoms with E-state index in [2.05, 4.69) is 15.9 Å². The van der Waals surface area contributed by atoms with Crippen molar-refractivity contribution in [3.8, 4) is 23.0 Å². The van der Waals surface area contributed by atoms with E-state index in [0.717, 1.165) is 17.5 Å². The number of phenols is 1. The Morgan fingerprint density at radius 2 is 1.94 bits per heavy atom. The van der Waals surface area contributed by atoms with Gasteiger partial charge in [-0.1, -0.05) is 15.9 Å². The number of alkyl halides is 1. The second-order valence-electron chi connectivity index (χ2n) is 4.71. The predicted molar refractivity (Wildman–Crippen MR) is 72.5 cm³/mol. The molecular formula is C13H17BrO4. The van der Waals surface area contributed by atoms with Crippen molar-refractivity contribution in [1.29, 1.82) is 0 Å². The van der Waals surface area contributed by atoms with Crippen molar-refractivity contribution in [3.63, 3.8) is 0 Å². The van der Waals surface area contributed by atoms with Gasteiger partial charge in [-0.15, -0.1) is 0 Å². The van der Waals surface area contributed by atoms with E-state index >= 15 is 0 Å². The van der Waals surface area contributed by atoms with Gasteiger partial charge in [0, 0.05) is 22.9 Å². The summed E-state index contributed by atoms with van der Waals surface area (Å²) in [4.78, 5) is 0. The molecule has 0 amide bonds. The highest BCUT2D eigenvalue weighted by molar-refractivity contribution is 9.09. The summed E-state index contributed by atoms with van der Waals surface area (Å²) in [5.41, 5.74) is 1.44. The third kappa shape index (κ3) is 1.81. The first-order chi connectivity index (χ1) is 8.47. The van der Waals surface area contributed by atoms with E-state index in [-0.39, 0.29) is 11.4 Å². The molecule has 0 fully saturated rings. The van der Waals surface area contributed by atoms with E-state index in [4.69, 9.17) is 14.2 Å². The number of halogens is 1. The fraction of sp³-hybridized carbons (Fsp3) is 0.538. The van der Waals surface area contributed by atoms with E-state index in [9.17, 15) is 5.11 Å². The fourth-order valence-corrected chi connectivity index (χ4v) is 2.57. The van der Waals surface area contributed by atoms with Crippen LogP contribution in [0.3, 0.4) is 0 Å². The quantitative estimate of drug-likeness (QED) is 0.871. The molecule has 0 radical (unpaired) electrons. The minimum Gasteiger partial charge on any atom is -0.504 e. The lowest BCUT2D eigenvalue weighted by atomic mass is 9.97. The van der Waals surface area contributed by atoms with Crippen LogP contribution in [-0.2, 0) is 6.42 Å². The topological polar surface area (TPSA) is 47.9 Å². The van der Waals surface area contributed by atoms with E-state index in [0.29, 0.717) is 22.6 Å². The van der Waals surface area contributed by atoms with Gasteiger partial charge in [-0.3, -0.25) is 0 Å². The van der Waals surface area contributed by atoms with E-state index < -0.39 is 0 Å². The summed E-state index contributed by atoms with van der Waals surface area (Å²) >= 11 is 3.46. The highest BCUT2D eigenvalue weighted by Gasteiger charge is 2.39. The summed E-state index contributed by atoms with van der Waals surface area (Å²) in [5.74, 6) is 1.58. The summed E-state index contributed by atoms with van der Waals surface area (Å²) in [6.07, 6.45) is 0.729. The molecule has 1 atom stereocenters. The van der Waals surface area contributed by atoms with Crippen LogP contribution in [-0.4, -0.2) is 30.3 Å². The Bertz CT molecular complexity index is 487. The van der Waals surface area contributed by atoms with Crippen molar-refractivity contribution in [2.75, 3.05) is 19.5 Å². The van der Waals surface area contributed by atoms with E-state index in [1.807, 2.05) is 13.8 Å². The lowest BCUT2D eigenvalue weighted by Gasteiger charge is -2.21. The fourth-order valence-electron chi connectivity index (χ4n) is 2.26. The van der Waals surface area contributed by atoms with Crippen LogP contribution in [0.15, 0.2) is 0 Å². The first-order valence-electron chi connectivity index (χ1n) is 5.68. The third-order valence-corrected chi connectivity index (χ3v) is 4.49. The molecule has 1 aliphatic rings. The normalized spacial score (nSPS) is 21.4. The molecule has 0 saturated carbocycles. The standard InChI is InChI=1S/C13H17BrO4/c1-7-8-5-13(2,6-14)18-10(8)12(17-4)11(16-3)9(7)15/h15H,5-6H2,1-4H3. The van der Waals surface area contributed by atoms with Crippen LogP contribution < -0.4 is 14.2 Å². The molecule has 100 valence electrons. The first kappa shape index (κ1) is 13.3. The minimum atomic E-state index is -0.320. The van der Waals surface area contributed by atoms with Crippen molar-refractivity contribution in [2.45, 2.75) is 25.9 Å². The summed E-state index contributed by atoms with van der Waals surface area (Å²) in [7, 11) is 3.04. The van der Waals surface area contributed by atoms with Crippen LogP contribution in [0.1, 0.15) is 18.1 Å². The number of hydrogen-bond donors (Lipinski definition) is 1. The van der Waals surface area contributed by atoms with Crippen LogP contribution in [0.4, 0.5) is 0 Å². The van der Waals surface area contributed by atoms with Crippen molar-refractivity contribution in [2.24, 2.45) is 0 Å². The maximum Gasteiger partial charge on any atom is 0.207 e. The SMILES string of the molecule is COc1c(O)c(C)c2c(c1OC)OC(C)(CBr)C2. The van der Waals surface area contributed by atoms with Gasteiger partial charge in [-0.05, 0) is 13.8 Å². The van der Waals surface area contributed by atoms with Gasteiger partial charge >= 0.3 is 0 Å². The Balaban J connectivity index is 2.65. The van der Waals surface area contributed by atoms with Gasteiger partial charge in [0.05, 0.1) is 14.2 Å².